The molecule has 6 heteroatoms. The van der Waals surface area contributed by atoms with Gasteiger partial charge in [0.25, 0.3) is 0 Å². The summed E-state index contributed by atoms with van der Waals surface area (Å²) in [6.45, 7) is 6.64. The molecule has 0 spiro atoms. The highest BCUT2D eigenvalue weighted by atomic mass is 16.5. The summed E-state index contributed by atoms with van der Waals surface area (Å²) >= 11 is 0. The van der Waals surface area contributed by atoms with E-state index in [0.717, 1.165) is 30.7 Å². The number of carbonyl (C=O) groups excluding carboxylic acids is 1. The zero-order chi connectivity index (χ0) is 18.6. The van der Waals surface area contributed by atoms with Crippen molar-refractivity contribution in [1.29, 1.82) is 0 Å². The number of carbonyl (C=O) groups is 1. The molecule has 0 unspecified atom stereocenters. The normalized spacial score (nSPS) is 19.5. The predicted octanol–water partition coefficient (Wildman–Crippen LogP) is 2.12. The quantitative estimate of drug-likeness (QED) is 0.788. The van der Waals surface area contributed by atoms with Gasteiger partial charge in [0.1, 0.15) is 11.5 Å². The van der Waals surface area contributed by atoms with Crippen LogP contribution in [0.1, 0.15) is 45.2 Å². The minimum atomic E-state index is -0.807. The molecular weight excluding hydrogens is 320 g/mol. The molecule has 25 heavy (non-hydrogen) atoms. The lowest BCUT2D eigenvalue weighted by Crippen LogP contribution is -2.49. The van der Waals surface area contributed by atoms with Crippen molar-refractivity contribution < 1.29 is 19.4 Å². The fourth-order valence-electron chi connectivity index (χ4n) is 3.54. The van der Waals surface area contributed by atoms with Crippen LogP contribution in [0, 0.1) is 0 Å². The van der Waals surface area contributed by atoms with E-state index in [1.807, 2.05) is 25.1 Å². The fraction of sp³-hybridized carbons (Fsp3) is 0.632. The maximum atomic E-state index is 12.5. The summed E-state index contributed by atoms with van der Waals surface area (Å²) in [7, 11) is 3.22. The largest absolute Gasteiger partial charge is 0.497 e. The highest BCUT2D eigenvalue weighted by Crippen LogP contribution is 2.30. The van der Waals surface area contributed by atoms with Crippen molar-refractivity contribution in [2.24, 2.45) is 0 Å². The van der Waals surface area contributed by atoms with E-state index in [9.17, 15) is 9.90 Å². The first kappa shape index (κ1) is 19.5. The molecule has 0 aromatic heterocycles. The highest BCUT2D eigenvalue weighted by Gasteiger charge is 2.36. The van der Waals surface area contributed by atoms with Crippen LogP contribution in [0.4, 0.5) is 0 Å². The van der Waals surface area contributed by atoms with Crippen molar-refractivity contribution in [2.45, 2.75) is 51.3 Å². The Bertz CT molecular complexity index is 598. The highest BCUT2D eigenvalue weighted by molar-refractivity contribution is 5.78. The third kappa shape index (κ3) is 4.86. The molecule has 0 radical (unpaired) electrons. The molecule has 2 rings (SSSR count). The molecule has 0 saturated carbocycles. The molecule has 1 saturated heterocycles. The van der Waals surface area contributed by atoms with Gasteiger partial charge in [0, 0.05) is 11.6 Å². The number of likely N-dealkylation sites (tertiary alicyclic amines) is 1. The van der Waals surface area contributed by atoms with Gasteiger partial charge in [0.05, 0.1) is 32.4 Å². The number of amides is 1. The Morgan fingerprint density at radius 2 is 2.12 bits per heavy atom. The lowest BCUT2D eigenvalue weighted by molar-refractivity contribution is -0.124. The van der Waals surface area contributed by atoms with Gasteiger partial charge in [-0.2, -0.15) is 0 Å². The Morgan fingerprint density at radius 3 is 2.72 bits per heavy atom. The van der Waals surface area contributed by atoms with Crippen molar-refractivity contribution in [3.63, 3.8) is 0 Å². The SMILES string of the molecule is COc1ccc(OC)c([C@@H](C)NC(=O)CN2CCC[C@H]2C(C)(C)O)c1. The second-order valence-electron chi connectivity index (χ2n) is 7.18. The van der Waals surface area contributed by atoms with Crippen LogP contribution >= 0.6 is 0 Å². The number of methoxy groups -OCH3 is 2. The number of nitrogens with one attached hydrogen (secondary N) is 1. The van der Waals surface area contributed by atoms with Crippen LogP contribution in [0.2, 0.25) is 0 Å². The molecule has 1 aromatic carbocycles. The molecule has 0 aliphatic carbocycles. The minimum Gasteiger partial charge on any atom is -0.497 e. The minimum absolute atomic E-state index is 0.0138. The van der Waals surface area contributed by atoms with E-state index in [4.69, 9.17) is 9.47 Å². The second-order valence-corrected chi connectivity index (χ2v) is 7.18. The first-order valence-electron chi connectivity index (χ1n) is 8.74. The van der Waals surface area contributed by atoms with Crippen molar-refractivity contribution in [3.05, 3.63) is 23.8 Å². The van der Waals surface area contributed by atoms with E-state index in [1.165, 1.54) is 0 Å². The van der Waals surface area contributed by atoms with Crippen LogP contribution in [0.15, 0.2) is 18.2 Å². The van der Waals surface area contributed by atoms with Crippen LogP contribution in [0.25, 0.3) is 0 Å². The van der Waals surface area contributed by atoms with Gasteiger partial charge >= 0.3 is 0 Å². The lowest BCUT2D eigenvalue weighted by atomic mass is 9.97. The van der Waals surface area contributed by atoms with Crippen LogP contribution in [0.5, 0.6) is 11.5 Å². The van der Waals surface area contributed by atoms with E-state index in [0.29, 0.717) is 5.75 Å². The van der Waals surface area contributed by atoms with Gasteiger partial charge in [-0.3, -0.25) is 9.69 Å². The third-order valence-corrected chi connectivity index (χ3v) is 4.81. The molecule has 6 nitrogen and oxygen atoms in total. The number of hydrogen-bond donors (Lipinski definition) is 2. The number of rotatable bonds is 7. The average molecular weight is 350 g/mol. The maximum absolute atomic E-state index is 12.5. The van der Waals surface area contributed by atoms with Crippen molar-refractivity contribution in [1.82, 2.24) is 10.2 Å². The molecule has 1 aromatic rings. The second kappa shape index (κ2) is 8.06. The number of hydrogen-bond acceptors (Lipinski definition) is 5. The lowest BCUT2D eigenvalue weighted by Gasteiger charge is -2.33. The Balaban J connectivity index is 2.03. The summed E-state index contributed by atoms with van der Waals surface area (Å²) in [6, 6.07) is 5.34. The first-order valence-corrected chi connectivity index (χ1v) is 8.74. The maximum Gasteiger partial charge on any atom is 0.234 e. The van der Waals surface area contributed by atoms with E-state index < -0.39 is 5.60 Å². The standard InChI is InChI=1S/C19H30N2O4/c1-13(15-11-14(24-4)8-9-16(15)25-5)20-18(22)12-21-10-6-7-17(21)19(2,3)23/h8-9,11,13,17,23H,6-7,10,12H2,1-5H3,(H,20,22)/t13-,17+/m1/s1. The van der Waals surface area contributed by atoms with E-state index in [2.05, 4.69) is 10.2 Å². The average Bonchev–Trinajstić information content (AvgIpc) is 3.02. The summed E-state index contributed by atoms with van der Waals surface area (Å²) in [4.78, 5) is 14.6. The van der Waals surface area contributed by atoms with Crippen LogP contribution in [0.3, 0.4) is 0 Å². The van der Waals surface area contributed by atoms with Gasteiger partial charge in [0.2, 0.25) is 5.91 Å². The molecule has 1 heterocycles. The van der Waals surface area contributed by atoms with Crippen LogP contribution in [-0.2, 0) is 4.79 Å². The fourth-order valence-corrected chi connectivity index (χ4v) is 3.54. The number of aliphatic hydroxyl groups is 1. The van der Waals surface area contributed by atoms with Gasteiger partial charge in [-0.15, -0.1) is 0 Å². The first-order chi connectivity index (χ1) is 11.8. The molecule has 0 bridgehead atoms. The number of ether oxygens (including phenoxy) is 2. The van der Waals surface area contributed by atoms with E-state index >= 15 is 0 Å². The Morgan fingerprint density at radius 1 is 1.40 bits per heavy atom. The zero-order valence-corrected chi connectivity index (χ0v) is 15.8. The molecule has 2 N–H and O–H groups in total. The van der Waals surface area contributed by atoms with Gasteiger partial charge in [-0.05, 0) is 58.4 Å². The van der Waals surface area contributed by atoms with Crippen molar-refractivity contribution in [3.8, 4) is 11.5 Å². The Labute approximate surface area is 150 Å². The molecule has 2 atom stereocenters. The Kier molecular flexibility index (Phi) is 6.30. The predicted molar refractivity (Wildman–Crippen MR) is 97.0 cm³/mol. The van der Waals surface area contributed by atoms with Gasteiger partial charge in [0.15, 0.2) is 0 Å². The summed E-state index contributed by atoms with van der Waals surface area (Å²) in [5.41, 5.74) is 0.0639. The Hall–Kier alpha value is -1.79. The van der Waals surface area contributed by atoms with Crippen molar-refractivity contribution in [2.75, 3.05) is 27.3 Å². The summed E-state index contributed by atoms with van der Waals surface area (Å²) in [6.07, 6.45) is 1.91. The molecule has 1 fully saturated rings. The van der Waals surface area contributed by atoms with E-state index in [1.54, 1.807) is 28.1 Å². The number of nitrogens with zero attached hydrogens (tertiary/aromatic N) is 1. The zero-order valence-electron chi connectivity index (χ0n) is 15.8. The van der Waals surface area contributed by atoms with Crippen LogP contribution in [-0.4, -0.2) is 54.9 Å². The van der Waals surface area contributed by atoms with Crippen molar-refractivity contribution >= 4 is 5.91 Å². The topological polar surface area (TPSA) is 71.0 Å². The molecular formula is C19H30N2O4. The number of benzene rings is 1. The van der Waals surface area contributed by atoms with Crippen LogP contribution < -0.4 is 14.8 Å². The molecule has 1 amide bonds. The summed E-state index contributed by atoms with van der Waals surface area (Å²) in [5.74, 6) is 1.37. The van der Waals surface area contributed by atoms with Gasteiger partial charge in [-0.25, -0.2) is 0 Å². The molecule has 1 aliphatic heterocycles. The molecule has 140 valence electrons. The summed E-state index contributed by atoms with van der Waals surface area (Å²) < 4.78 is 10.7. The van der Waals surface area contributed by atoms with E-state index in [-0.39, 0.29) is 24.5 Å². The third-order valence-electron chi connectivity index (χ3n) is 4.81. The molecule has 1 aliphatic rings. The summed E-state index contributed by atoms with van der Waals surface area (Å²) in [5, 5.41) is 13.3. The smallest absolute Gasteiger partial charge is 0.234 e. The van der Waals surface area contributed by atoms with Gasteiger partial charge < -0.3 is 19.9 Å². The van der Waals surface area contributed by atoms with Gasteiger partial charge in [-0.1, -0.05) is 0 Å². The monoisotopic (exact) mass is 350 g/mol.